The van der Waals surface area contributed by atoms with Gasteiger partial charge in [-0.15, -0.1) is 0 Å². The number of halogens is 2. The summed E-state index contributed by atoms with van der Waals surface area (Å²) in [5, 5.41) is 7.96. The van der Waals surface area contributed by atoms with Gasteiger partial charge in [-0.05, 0) is 25.1 Å². The van der Waals surface area contributed by atoms with Crippen molar-refractivity contribution in [2.24, 2.45) is 5.73 Å². The first-order chi connectivity index (χ1) is 8.22. The zero-order valence-electron chi connectivity index (χ0n) is 9.08. The lowest BCUT2D eigenvalue weighted by Crippen LogP contribution is -2.01. The number of nitrogens with zero attached hydrogens (tertiary/aromatic N) is 2. The first-order valence-corrected chi connectivity index (χ1v) is 6.03. The Morgan fingerprint density at radius 1 is 1.29 bits per heavy atom. The highest BCUT2D eigenvalue weighted by Gasteiger charge is 2.11. The second-order valence-electron chi connectivity index (χ2n) is 3.60. The second-order valence-corrected chi connectivity index (χ2v) is 4.38. The van der Waals surface area contributed by atoms with Crippen LogP contribution in [0.5, 0.6) is 0 Å². The number of rotatable bonds is 4. The van der Waals surface area contributed by atoms with Crippen molar-refractivity contribution in [1.82, 2.24) is 15.2 Å². The lowest BCUT2D eigenvalue weighted by atomic mass is 10.2. The van der Waals surface area contributed by atoms with E-state index in [2.05, 4.69) is 15.2 Å². The van der Waals surface area contributed by atoms with Crippen LogP contribution < -0.4 is 5.73 Å². The molecule has 0 radical (unpaired) electrons. The summed E-state index contributed by atoms with van der Waals surface area (Å²) in [6.45, 7) is 0.633. The number of aromatic nitrogens is 3. The van der Waals surface area contributed by atoms with Crippen LogP contribution in [-0.4, -0.2) is 21.7 Å². The number of benzene rings is 1. The third kappa shape index (κ3) is 2.77. The molecule has 0 aliphatic heterocycles. The Morgan fingerprint density at radius 2 is 2.12 bits per heavy atom. The molecule has 17 heavy (non-hydrogen) atoms. The van der Waals surface area contributed by atoms with Gasteiger partial charge in [-0.1, -0.05) is 29.3 Å². The van der Waals surface area contributed by atoms with Crippen LogP contribution >= 0.6 is 23.2 Å². The Balaban J connectivity index is 2.27. The molecule has 0 aliphatic rings. The Hall–Kier alpha value is -1.10. The molecule has 0 atom stereocenters. The maximum atomic E-state index is 6.10. The molecule has 1 heterocycles. The molecule has 6 heteroatoms. The highest BCUT2D eigenvalue weighted by molar-refractivity contribution is 6.43. The second kappa shape index (κ2) is 5.49. The molecule has 4 nitrogen and oxygen atoms in total. The molecule has 0 unspecified atom stereocenters. The van der Waals surface area contributed by atoms with E-state index in [4.69, 9.17) is 28.9 Å². The minimum atomic E-state index is 0.471. The summed E-state index contributed by atoms with van der Waals surface area (Å²) in [4.78, 5) is 4.35. The summed E-state index contributed by atoms with van der Waals surface area (Å²) in [7, 11) is 0. The fraction of sp³-hybridized carbons (Fsp3) is 0.273. The Labute approximate surface area is 109 Å². The summed E-state index contributed by atoms with van der Waals surface area (Å²) in [6, 6.07) is 5.39. The van der Waals surface area contributed by atoms with Crippen molar-refractivity contribution in [3.63, 3.8) is 0 Å². The smallest absolute Gasteiger partial charge is 0.182 e. The predicted octanol–water partition coefficient (Wildman–Crippen LogP) is 2.67. The van der Waals surface area contributed by atoms with Crippen molar-refractivity contribution in [3.05, 3.63) is 34.1 Å². The molecule has 90 valence electrons. The van der Waals surface area contributed by atoms with Crippen LogP contribution in [0.1, 0.15) is 12.2 Å². The molecule has 0 bridgehead atoms. The van der Waals surface area contributed by atoms with Crippen LogP contribution in [0.15, 0.2) is 18.2 Å². The van der Waals surface area contributed by atoms with Gasteiger partial charge >= 0.3 is 0 Å². The lowest BCUT2D eigenvalue weighted by molar-refractivity contribution is 0.785. The van der Waals surface area contributed by atoms with Crippen molar-refractivity contribution in [3.8, 4) is 11.4 Å². The number of H-pyrrole nitrogens is 1. The number of nitrogens with two attached hydrogens (primary N) is 1. The largest absolute Gasteiger partial charge is 0.330 e. The van der Waals surface area contributed by atoms with Gasteiger partial charge in [0, 0.05) is 12.0 Å². The number of nitrogens with one attached hydrogen (secondary N) is 1. The fourth-order valence-electron chi connectivity index (χ4n) is 1.47. The summed E-state index contributed by atoms with van der Waals surface area (Å²) >= 11 is 12.0. The topological polar surface area (TPSA) is 67.6 Å². The zero-order valence-corrected chi connectivity index (χ0v) is 10.6. The van der Waals surface area contributed by atoms with Crippen LogP contribution in [0.4, 0.5) is 0 Å². The van der Waals surface area contributed by atoms with Gasteiger partial charge < -0.3 is 5.73 Å². The minimum absolute atomic E-state index is 0.471. The van der Waals surface area contributed by atoms with E-state index in [1.165, 1.54) is 0 Å². The van der Waals surface area contributed by atoms with E-state index >= 15 is 0 Å². The van der Waals surface area contributed by atoms with Gasteiger partial charge in [-0.2, -0.15) is 5.10 Å². The molecule has 1 aromatic carbocycles. The van der Waals surface area contributed by atoms with Gasteiger partial charge in [0.1, 0.15) is 5.82 Å². The predicted molar refractivity (Wildman–Crippen MR) is 69.2 cm³/mol. The molecule has 0 spiro atoms. The molecule has 3 N–H and O–H groups in total. The van der Waals surface area contributed by atoms with Gasteiger partial charge in [-0.3, -0.25) is 5.10 Å². The van der Waals surface area contributed by atoms with E-state index in [-0.39, 0.29) is 0 Å². The van der Waals surface area contributed by atoms with E-state index in [9.17, 15) is 0 Å². The fourth-order valence-corrected chi connectivity index (χ4v) is 1.86. The number of hydrogen-bond acceptors (Lipinski definition) is 3. The quantitative estimate of drug-likeness (QED) is 0.898. The molecule has 2 aromatic rings. The third-order valence-electron chi connectivity index (χ3n) is 2.34. The number of hydrogen-bond donors (Lipinski definition) is 2. The third-order valence-corrected chi connectivity index (χ3v) is 3.16. The Kier molecular flexibility index (Phi) is 3.99. The average Bonchev–Trinajstić information content (AvgIpc) is 2.78. The number of aromatic amines is 1. The van der Waals surface area contributed by atoms with Crippen molar-refractivity contribution in [2.75, 3.05) is 6.54 Å². The SMILES string of the molecule is NCCCc1nc(-c2cccc(Cl)c2Cl)n[nH]1. The summed E-state index contributed by atoms with van der Waals surface area (Å²) < 4.78 is 0. The van der Waals surface area contributed by atoms with E-state index in [0.717, 1.165) is 24.2 Å². The highest BCUT2D eigenvalue weighted by Crippen LogP contribution is 2.31. The Morgan fingerprint density at radius 3 is 2.88 bits per heavy atom. The van der Waals surface area contributed by atoms with Crippen LogP contribution in [0.2, 0.25) is 10.0 Å². The van der Waals surface area contributed by atoms with Crippen molar-refractivity contribution < 1.29 is 0 Å². The molecule has 0 saturated heterocycles. The van der Waals surface area contributed by atoms with E-state index < -0.39 is 0 Å². The van der Waals surface area contributed by atoms with Crippen molar-refractivity contribution in [2.45, 2.75) is 12.8 Å². The van der Waals surface area contributed by atoms with E-state index in [0.29, 0.717) is 22.4 Å². The molecule has 0 fully saturated rings. The van der Waals surface area contributed by atoms with Crippen LogP contribution in [0.3, 0.4) is 0 Å². The molecule has 0 saturated carbocycles. The first kappa shape index (κ1) is 12.4. The monoisotopic (exact) mass is 270 g/mol. The van der Waals surface area contributed by atoms with Crippen molar-refractivity contribution >= 4 is 23.2 Å². The lowest BCUT2D eigenvalue weighted by Gasteiger charge is -2.00. The van der Waals surface area contributed by atoms with Gasteiger partial charge in [0.05, 0.1) is 10.0 Å². The maximum absolute atomic E-state index is 6.10. The molecular weight excluding hydrogens is 259 g/mol. The van der Waals surface area contributed by atoms with Crippen LogP contribution in [-0.2, 0) is 6.42 Å². The molecule has 1 aromatic heterocycles. The molecule has 0 amide bonds. The Bertz CT molecular complexity index is 510. The summed E-state index contributed by atoms with van der Waals surface area (Å²) in [5.74, 6) is 1.37. The molecular formula is C11H12Cl2N4. The van der Waals surface area contributed by atoms with Gasteiger partial charge in [0.25, 0.3) is 0 Å². The van der Waals surface area contributed by atoms with Crippen molar-refractivity contribution in [1.29, 1.82) is 0 Å². The summed E-state index contributed by atoms with van der Waals surface area (Å²) in [6.07, 6.45) is 1.65. The number of aryl methyl sites for hydroxylation is 1. The summed E-state index contributed by atoms with van der Waals surface area (Å²) in [5.41, 5.74) is 6.17. The average molecular weight is 271 g/mol. The normalized spacial score (nSPS) is 10.8. The zero-order chi connectivity index (χ0) is 12.3. The van der Waals surface area contributed by atoms with E-state index in [1.807, 2.05) is 12.1 Å². The first-order valence-electron chi connectivity index (χ1n) is 5.28. The van der Waals surface area contributed by atoms with Gasteiger partial charge in [-0.25, -0.2) is 4.98 Å². The molecule has 2 rings (SSSR count). The van der Waals surface area contributed by atoms with Crippen LogP contribution in [0.25, 0.3) is 11.4 Å². The highest BCUT2D eigenvalue weighted by atomic mass is 35.5. The molecule has 0 aliphatic carbocycles. The van der Waals surface area contributed by atoms with Crippen LogP contribution in [0, 0.1) is 0 Å². The van der Waals surface area contributed by atoms with Gasteiger partial charge in [0.2, 0.25) is 0 Å². The minimum Gasteiger partial charge on any atom is -0.330 e. The maximum Gasteiger partial charge on any atom is 0.182 e. The van der Waals surface area contributed by atoms with E-state index in [1.54, 1.807) is 6.07 Å². The standard InChI is InChI=1S/C11H12Cl2N4/c12-8-4-1-3-7(10(8)13)11-15-9(16-17-11)5-2-6-14/h1,3-4H,2,5-6,14H2,(H,15,16,17). The van der Waals surface area contributed by atoms with Gasteiger partial charge in [0.15, 0.2) is 5.82 Å².